The van der Waals surface area contributed by atoms with E-state index in [1.807, 2.05) is 0 Å². The molecule has 0 unspecified atom stereocenters. The first-order valence-electron chi connectivity index (χ1n) is 6.53. The third-order valence-electron chi connectivity index (χ3n) is 3.20. The smallest absolute Gasteiger partial charge is 0.0606 e. The summed E-state index contributed by atoms with van der Waals surface area (Å²) < 4.78 is 0. The lowest BCUT2D eigenvalue weighted by Crippen LogP contribution is -2.30. The lowest BCUT2D eigenvalue weighted by atomic mass is 10.1. The molecule has 1 aromatic rings. The summed E-state index contributed by atoms with van der Waals surface area (Å²) in [7, 11) is 0. The van der Waals surface area contributed by atoms with Crippen molar-refractivity contribution in [3.05, 3.63) is 29.8 Å². The molecule has 0 saturated heterocycles. The van der Waals surface area contributed by atoms with Crippen LogP contribution in [-0.4, -0.2) is 30.8 Å². The predicted octanol–water partition coefficient (Wildman–Crippen LogP) is 1.76. The predicted molar refractivity (Wildman–Crippen MR) is 71.3 cm³/mol. The van der Waals surface area contributed by atoms with Crippen molar-refractivity contribution in [3.63, 3.8) is 0 Å². The lowest BCUT2D eigenvalue weighted by molar-refractivity contribution is 0.301. The van der Waals surface area contributed by atoms with Gasteiger partial charge in [0, 0.05) is 24.8 Å². The van der Waals surface area contributed by atoms with Crippen LogP contribution in [0.3, 0.4) is 0 Å². The van der Waals surface area contributed by atoms with E-state index in [4.69, 9.17) is 0 Å². The summed E-state index contributed by atoms with van der Waals surface area (Å²) in [6, 6.07) is 9.15. The van der Waals surface area contributed by atoms with Crippen molar-refractivity contribution in [2.24, 2.45) is 0 Å². The van der Waals surface area contributed by atoms with Gasteiger partial charge in [-0.25, -0.2) is 0 Å². The molecule has 2 rings (SSSR count). The Balaban J connectivity index is 2.15. The van der Waals surface area contributed by atoms with Crippen molar-refractivity contribution in [1.29, 1.82) is 0 Å². The molecule has 0 aliphatic heterocycles. The van der Waals surface area contributed by atoms with Gasteiger partial charge in [0.05, 0.1) is 6.61 Å². The number of aliphatic hydroxyl groups is 1. The number of nitrogens with one attached hydrogen (secondary N) is 1. The zero-order valence-corrected chi connectivity index (χ0v) is 10.5. The van der Waals surface area contributed by atoms with Crippen LogP contribution in [0.5, 0.6) is 0 Å². The zero-order chi connectivity index (χ0) is 12.1. The maximum absolute atomic E-state index is 9.18. The van der Waals surface area contributed by atoms with Gasteiger partial charge in [0.1, 0.15) is 0 Å². The molecule has 1 aliphatic rings. The Morgan fingerprint density at radius 2 is 2.12 bits per heavy atom. The Labute approximate surface area is 103 Å². The van der Waals surface area contributed by atoms with Crippen LogP contribution in [0.4, 0.5) is 5.69 Å². The summed E-state index contributed by atoms with van der Waals surface area (Å²) in [6.07, 6.45) is 2.52. The van der Waals surface area contributed by atoms with E-state index in [9.17, 15) is 5.11 Å². The fourth-order valence-corrected chi connectivity index (χ4v) is 2.19. The van der Waals surface area contributed by atoms with Crippen LogP contribution in [0.15, 0.2) is 24.3 Å². The van der Waals surface area contributed by atoms with Gasteiger partial charge >= 0.3 is 0 Å². The lowest BCUT2D eigenvalue weighted by Gasteiger charge is -2.26. The van der Waals surface area contributed by atoms with E-state index in [2.05, 4.69) is 41.4 Å². The van der Waals surface area contributed by atoms with Gasteiger partial charge in [0.25, 0.3) is 0 Å². The van der Waals surface area contributed by atoms with Crippen molar-refractivity contribution < 1.29 is 5.11 Å². The molecule has 94 valence electrons. The van der Waals surface area contributed by atoms with Gasteiger partial charge in [-0.2, -0.15) is 0 Å². The molecule has 3 nitrogen and oxygen atoms in total. The quantitative estimate of drug-likeness (QED) is 0.754. The number of benzene rings is 1. The molecule has 0 spiro atoms. The molecule has 0 bridgehead atoms. The molecule has 1 fully saturated rings. The van der Waals surface area contributed by atoms with Crippen LogP contribution in [0.1, 0.15) is 25.3 Å². The van der Waals surface area contributed by atoms with E-state index in [1.165, 1.54) is 24.1 Å². The maximum atomic E-state index is 9.18. The first-order valence-corrected chi connectivity index (χ1v) is 6.53. The molecule has 2 N–H and O–H groups in total. The molecule has 1 saturated carbocycles. The van der Waals surface area contributed by atoms with Gasteiger partial charge in [-0.05, 0) is 31.0 Å². The number of para-hydroxylation sites is 1. The van der Waals surface area contributed by atoms with Crippen LogP contribution in [-0.2, 0) is 6.54 Å². The first-order chi connectivity index (χ1) is 8.36. The fourth-order valence-electron chi connectivity index (χ4n) is 2.19. The summed E-state index contributed by atoms with van der Waals surface area (Å²) in [5, 5.41) is 12.6. The van der Waals surface area contributed by atoms with Gasteiger partial charge in [-0.1, -0.05) is 25.1 Å². The number of hydrogen-bond acceptors (Lipinski definition) is 3. The molecule has 0 heterocycles. The molecule has 0 aromatic heterocycles. The Morgan fingerprint density at radius 3 is 2.76 bits per heavy atom. The molecule has 3 heteroatoms. The topological polar surface area (TPSA) is 35.5 Å². The number of nitrogens with zero attached hydrogens (tertiary/aromatic N) is 1. The summed E-state index contributed by atoms with van der Waals surface area (Å²) in [4.78, 5) is 2.35. The highest BCUT2D eigenvalue weighted by Crippen LogP contribution is 2.33. The van der Waals surface area contributed by atoms with Crippen molar-refractivity contribution in [1.82, 2.24) is 5.32 Å². The molecule has 0 radical (unpaired) electrons. The Morgan fingerprint density at radius 1 is 1.35 bits per heavy atom. The molecular weight excluding hydrogens is 212 g/mol. The Bertz CT molecular complexity index is 350. The largest absolute Gasteiger partial charge is 0.395 e. The van der Waals surface area contributed by atoms with Crippen molar-refractivity contribution in [3.8, 4) is 0 Å². The third kappa shape index (κ3) is 3.20. The second kappa shape index (κ2) is 6.03. The minimum atomic E-state index is 0.228. The molecule has 17 heavy (non-hydrogen) atoms. The number of anilines is 1. The van der Waals surface area contributed by atoms with Gasteiger partial charge < -0.3 is 15.3 Å². The van der Waals surface area contributed by atoms with Gasteiger partial charge in [0.2, 0.25) is 0 Å². The van der Waals surface area contributed by atoms with Crippen molar-refractivity contribution >= 4 is 5.69 Å². The fraction of sp³-hybridized carbons (Fsp3) is 0.571. The third-order valence-corrected chi connectivity index (χ3v) is 3.20. The average Bonchev–Trinajstić information content (AvgIpc) is 3.18. The molecule has 0 amide bonds. The van der Waals surface area contributed by atoms with Crippen molar-refractivity contribution in [2.75, 3.05) is 24.6 Å². The van der Waals surface area contributed by atoms with Crippen LogP contribution in [0, 0.1) is 0 Å². The number of hydrogen-bond donors (Lipinski definition) is 2. The van der Waals surface area contributed by atoms with Crippen LogP contribution in [0.2, 0.25) is 0 Å². The van der Waals surface area contributed by atoms with E-state index in [0.29, 0.717) is 6.04 Å². The molecule has 1 aliphatic carbocycles. The second-order valence-corrected chi connectivity index (χ2v) is 4.56. The van der Waals surface area contributed by atoms with E-state index < -0.39 is 0 Å². The monoisotopic (exact) mass is 234 g/mol. The highest BCUT2D eigenvalue weighted by molar-refractivity contribution is 5.55. The standard InChI is InChI=1S/C14H22N2O/c1-2-15-11-12-5-3-4-6-14(12)16(9-10-17)13-7-8-13/h3-6,13,15,17H,2,7-11H2,1H3. The number of aliphatic hydroxyl groups excluding tert-OH is 1. The Kier molecular flexibility index (Phi) is 4.40. The van der Waals surface area contributed by atoms with E-state index in [0.717, 1.165) is 19.6 Å². The molecular formula is C14H22N2O. The van der Waals surface area contributed by atoms with Gasteiger partial charge in [-0.15, -0.1) is 0 Å². The van der Waals surface area contributed by atoms with Gasteiger partial charge in [0.15, 0.2) is 0 Å². The second-order valence-electron chi connectivity index (χ2n) is 4.56. The molecule has 1 aromatic carbocycles. The summed E-state index contributed by atoms with van der Waals surface area (Å²) in [5.41, 5.74) is 2.61. The summed E-state index contributed by atoms with van der Waals surface area (Å²) >= 11 is 0. The van der Waals surface area contributed by atoms with Crippen LogP contribution in [0.25, 0.3) is 0 Å². The summed E-state index contributed by atoms with van der Waals surface area (Å²) in [6.45, 7) is 4.98. The highest BCUT2D eigenvalue weighted by Gasteiger charge is 2.29. The molecule has 0 atom stereocenters. The Hall–Kier alpha value is -1.06. The van der Waals surface area contributed by atoms with E-state index in [1.54, 1.807) is 0 Å². The van der Waals surface area contributed by atoms with Crippen molar-refractivity contribution in [2.45, 2.75) is 32.4 Å². The normalized spacial score (nSPS) is 14.9. The zero-order valence-electron chi connectivity index (χ0n) is 10.5. The average molecular weight is 234 g/mol. The minimum Gasteiger partial charge on any atom is -0.395 e. The van der Waals surface area contributed by atoms with E-state index >= 15 is 0 Å². The number of rotatable bonds is 7. The maximum Gasteiger partial charge on any atom is 0.0606 e. The minimum absolute atomic E-state index is 0.228. The first kappa shape index (κ1) is 12.4. The van der Waals surface area contributed by atoms with Crippen LogP contribution < -0.4 is 10.2 Å². The van der Waals surface area contributed by atoms with Gasteiger partial charge in [-0.3, -0.25) is 0 Å². The van der Waals surface area contributed by atoms with Crippen LogP contribution >= 0.6 is 0 Å². The SMILES string of the molecule is CCNCc1ccccc1N(CCO)C1CC1. The highest BCUT2D eigenvalue weighted by atomic mass is 16.3. The summed E-state index contributed by atoms with van der Waals surface area (Å²) in [5.74, 6) is 0. The van der Waals surface area contributed by atoms with E-state index in [-0.39, 0.29) is 6.61 Å².